The van der Waals surface area contributed by atoms with Crippen molar-refractivity contribution < 1.29 is 8.42 Å². The van der Waals surface area contributed by atoms with Crippen LogP contribution in [0.1, 0.15) is 4.88 Å². The number of nitrogen functional groups attached to an aromatic ring is 1. The van der Waals surface area contributed by atoms with Gasteiger partial charge < -0.3 is 5.73 Å². The fourth-order valence-electron chi connectivity index (χ4n) is 1.31. The topological polar surface area (TPSA) is 72.2 Å². The lowest BCUT2D eigenvalue weighted by Crippen LogP contribution is -2.25. The molecule has 92 valence electrons. The Morgan fingerprint density at radius 2 is 2.18 bits per heavy atom. The van der Waals surface area contributed by atoms with Gasteiger partial charge in [-0.25, -0.2) is 13.1 Å². The number of thiophene rings is 2. The highest BCUT2D eigenvalue weighted by Gasteiger charge is 2.15. The van der Waals surface area contributed by atoms with E-state index in [0.29, 0.717) is 18.7 Å². The van der Waals surface area contributed by atoms with Crippen LogP contribution in [0.2, 0.25) is 0 Å². The minimum absolute atomic E-state index is 0.265. The molecule has 17 heavy (non-hydrogen) atoms. The van der Waals surface area contributed by atoms with Crippen LogP contribution in [0.3, 0.4) is 0 Å². The summed E-state index contributed by atoms with van der Waals surface area (Å²) in [6.07, 6.45) is 0.706. The Labute approximate surface area is 108 Å². The molecule has 3 N–H and O–H groups in total. The number of hydrogen-bond donors (Lipinski definition) is 2. The van der Waals surface area contributed by atoms with E-state index >= 15 is 0 Å². The predicted octanol–water partition coefficient (Wildman–Crippen LogP) is 1.91. The largest absolute Gasteiger partial charge is 0.398 e. The number of nitrogens with one attached hydrogen (secondary N) is 1. The van der Waals surface area contributed by atoms with Crippen LogP contribution in [0.25, 0.3) is 0 Å². The predicted molar refractivity (Wildman–Crippen MR) is 71.9 cm³/mol. The Kier molecular flexibility index (Phi) is 3.82. The Balaban J connectivity index is 1.94. The van der Waals surface area contributed by atoms with E-state index < -0.39 is 10.0 Å². The van der Waals surface area contributed by atoms with Gasteiger partial charge in [-0.3, -0.25) is 0 Å². The monoisotopic (exact) mass is 288 g/mol. The van der Waals surface area contributed by atoms with Crippen LogP contribution in [-0.2, 0) is 16.4 Å². The van der Waals surface area contributed by atoms with Gasteiger partial charge in [0.05, 0.1) is 0 Å². The molecule has 0 amide bonds. The molecule has 0 bridgehead atoms. The Bertz CT molecular complexity index is 572. The van der Waals surface area contributed by atoms with Crippen molar-refractivity contribution in [3.8, 4) is 0 Å². The minimum Gasteiger partial charge on any atom is -0.398 e. The van der Waals surface area contributed by atoms with E-state index in [0.717, 1.165) is 11.3 Å². The van der Waals surface area contributed by atoms with Crippen molar-refractivity contribution in [2.75, 3.05) is 12.3 Å². The number of rotatable bonds is 5. The summed E-state index contributed by atoms with van der Waals surface area (Å²) in [7, 11) is -3.40. The first-order valence-corrected chi connectivity index (χ1v) is 8.18. The van der Waals surface area contributed by atoms with E-state index in [1.165, 1.54) is 10.9 Å². The SMILES string of the molecule is Nc1csc(S(=O)(=O)NCCc2cccs2)c1. The van der Waals surface area contributed by atoms with Crippen molar-refractivity contribution in [1.29, 1.82) is 0 Å². The van der Waals surface area contributed by atoms with Crippen LogP contribution >= 0.6 is 22.7 Å². The van der Waals surface area contributed by atoms with Gasteiger partial charge in [-0.2, -0.15) is 0 Å². The van der Waals surface area contributed by atoms with E-state index in [-0.39, 0.29) is 4.21 Å². The lowest BCUT2D eigenvalue weighted by molar-refractivity contribution is 0.584. The van der Waals surface area contributed by atoms with Gasteiger partial charge in [-0.1, -0.05) is 6.07 Å². The molecule has 0 saturated heterocycles. The Morgan fingerprint density at radius 3 is 2.76 bits per heavy atom. The van der Waals surface area contributed by atoms with E-state index in [1.54, 1.807) is 16.7 Å². The second kappa shape index (κ2) is 5.18. The summed E-state index contributed by atoms with van der Waals surface area (Å²) in [6.45, 7) is 0.403. The molecule has 0 aliphatic rings. The first-order chi connectivity index (χ1) is 8.08. The zero-order valence-electron chi connectivity index (χ0n) is 8.92. The Hall–Kier alpha value is -0.890. The maximum Gasteiger partial charge on any atom is 0.250 e. The summed E-state index contributed by atoms with van der Waals surface area (Å²) in [5, 5.41) is 3.59. The normalized spacial score (nSPS) is 11.8. The third-order valence-electron chi connectivity index (χ3n) is 2.10. The summed E-state index contributed by atoms with van der Waals surface area (Å²) in [6, 6.07) is 5.41. The van der Waals surface area contributed by atoms with Crippen molar-refractivity contribution in [3.63, 3.8) is 0 Å². The van der Waals surface area contributed by atoms with Crippen LogP contribution in [-0.4, -0.2) is 15.0 Å². The molecule has 0 atom stereocenters. The lowest BCUT2D eigenvalue weighted by Gasteiger charge is -2.03. The molecule has 2 heterocycles. The molecule has 0 fully saturated rings. The second-order valence-electron chi connectivity index (χ2n) is 3.43. The van der Waals surface area contributed by atoms with Crippen LogP contribution in [0.5, 0.6) is 0 Å². The molecule has 0 aliphatic carbocycles. The molecule has 2 aromatic rings. The molecule has 0 unspecified atom stereocenters. The first-order valence-electron chi connectivity index (χ1n) is 4.94. The molecule has 0 aromatic carbocycles. The van der Waals surface area contributed by atoms with Crippen molar-refractivity contribution in [3.05, 3.63) is 33.8 Å². The fraction of sp³-hybridized carbons (Fsp3) is 0.200. The smallest absolute Gasteiger partial charge is 0.250 e. The molecule has 7 heteroatoms. The maximum atomic E-state index is 11.8. The molecule has 0 spiro atoms. The average molecular weight is 288 g/mol. The third-order valence-corrected chi connectivity index (χ3v) is 5.96. The van der Waals surface area contributed by atoms with Gasteiger partial charge in [0.2, 0.25) is 10.0 Å². The maximum absolute atomic E-state index is 11.8. The van der Waals surface area contributed by atoms with Gasteiger partial charge in [0.1, 0.15) is 4.21 Å². The first kappa shape index (κ1) is 12.6. The van der Waals surface area contributed by atoms with Gasteiger partial charge in [-0.05, 0) is 23.9 Å². The zero-order valence-corrected chi connectivity index (χ0v) is 11.4. The molecular weight excluding hydrogens is 276 g/mol. The van der Waals surface area contributed by atoms with Crippen molar-refractivity contribution in [2.45, 2.75) is 10.6 Å². The van der Waals surface area contributed by atoms with E-state index in [9.17, 15) is 8.42 Å². The van der Waals surface area contributed by atoms with Crippen molar-refractivity contribution in [2.24, 2.45) is 0 Å². The highest BCUT2D eigenvalue weighted by Crippen LogP contribution is 2.21. The molecule has 2 aromatic heterocycles. The number of sulfonamides is 1. The molecular formula is C10H12N2O2S3. The standard InChI is InChI=1S/C10H12N2O2S3/c11-8-6-10(16-7-8)17(13,14)12-4-3-9-2-1-5-15-9/h1-2,5-7,12H,3-4,11H2. The van der Waals surface area contributed by atoms with Gasteiger partial charge >= 0.3 is 0 Å². The number of nitrogens with two attached hydrogens (primary N) is 1. The highest BCUT2D eigenvalue weighted by atomic mass is 32.2. The summed E-state index contributed by atoms with van der Waals surface area (Å²) in [5.74, 6) is 0. The number of anilines is 1. The van der Waals surface area contributed by atoms with E-state index in [1.807, 2.05) is 17.5 Å². The summed E-state index contributed by atoms with van der Waals surface area (Å²) in [5.41, 5.74) is 5.98. The van der Waals surface area contributed by atoms with Crippen molar-refractivity contribution in [1.82, 2.24) is 4.72 Å². The highest BCUT2D eigenvalue weighted by molar-refractivity contribution is 7.91. The summed E-state index contributed by atoms with van der Waals surface area (Å²) >= 11 is 2.75. The van der Waals surface area contributed by atoms with Crippen LogP contribution < -0.4 is 10.5 Å². The van der Waals surface area contributed by atoms with Gasteiger partial charge in [-0.15, -0.1) is 22.7 Å². The van der Waals surface area contributed by atoms with E-state index in [2.05, 4.69) is 4.72 Å². The fourth-order valence-corrected chi connectivity index (χ4v) is 4.17. The van der Waals surface area contributed by atoms with Gasteiger partial charge in [0.15, 0.2) is 0 Å². The molecule has 2 rings (SSSR count). The molecule has 4 nitrogen and oxygen atoms in total. The Morgan fingerprint density at radius 1 is 1.35 bits per heavy atom. The summed E-state index contributed by atoms with van der Waals surface area (Å²) < 4.78 is 26.5. The van der Waals surface area contributed by atoms with Crippen LogP contribution in [0.4, 0.5) is 5.69 Å². The summed E-state index contributed by atoms with van der Waals surface area (Å²) in [4.78, 5) is 1.17. The quantitative estimate of drug-likeness (QED) is 0.883. The lowest BCUT2D eigenvalue weighted by atomic mass is 10.3. The number of hydrogen-bond acceptors (Lipinski definition) is 5. The minimum atomic E-state index is -3.40. The van der Waals surface area contributed by atoms with Crippen LogP contribution in [0.15, 0.2) is 33.2 Å². The van der Waals surface area contributed by atoms with E-state index in [4.69, 9.17) is 5.73 Å². The average Bonchev–Trinajstić information content (AvgIpc) is 2.89. The van der Waals surface area contributed by atoms with Gasteiger partial charge in [0, 0.05) is 22.5 Å². The van der Waals surface area contributed by atoms with Gasteiger partial charge in [0.25, 0.3) is 0 Å². The van der Waals surface area contributed by atoms with Crippen LogP contribution in [0, 0.1) is 0 Å². The molecule has 0 radical (unpaired) electrons. The zero-order chi connectivity index (χ0) is 12.3. The third kappa shape index (κ3) is 3.29. The van der Waals surface area contributed by atoms with Crippen molar-refractivity contribution >= 4 is 38.4 Å². The molecule has 0 saturated carbocycles. The second-order valence-corrected chi connectivity index (χ2v) is 7.36. The molecule has 0 aliphatic heterocycles.